The lowest BCUT2D eigenvalue weighted by atomic mass is 9.70. The molecular formula is C26H29NO6. The van der Waals surface area contributed by atoms with Crippen molar-refractivity contribution in [1.82, 2.24) is 4.90 Å². The van der Waals surface area contributed by atoms with E-state index in [1.54, 1.807) is 24.3 Å². The van der Waals surface area contributed by atoms with Gasteiger partial charge in [0.05, 0.1) is 17.8 Å². The molecular weight excluding hydrogens is 422 g/mol. The van der Waals surface area contributed by atoms with Gasteiger partial charge in [-0.05, 0) is 44.9 Å². The molecule has 0 saturated carbocycles. The highest BCUT2D eigenvalue weighted by molar-refractivity contribution is 5.97. The normalized spacial score (nSPS) is 27.4. The number of para-hydroxylation sites is 2. The summed E-state index contributed by atoms with van der Waals surface area (Å²) in [5, 5.41) is 8.94. The lowest BCUT2D eigenvalue weighted by molar-refractivity contribution is -0.184. The highest BCUT2D eigenvalue weighted by Crippen LogP contribution is 2.52. The smallest absolute Gasteiger partial charge is 0.341 e. The van der Waals surface area contributed by atoms with E-state index in [0.29, 0.717) is 24.4 Å². The van der Waals surface area contributed by atoms with Crippen LogP contribution in [0.4, 0.5) is 0 Å². The van der Waals surface area contributed by atoms with Crippen molar-refractivity contribution in [2.45, 2.75) is 44.5 Å². The number of carbonyl (C=O) groups excluding carboxylic acids is 1. The van der Waals surface area contributed by atoms with E-state index in [-0.39, 0.29) is 35.6 Å². The van der Waals surface area contributed by atoms with Gasteiger partial charge in [0.25, 0.3) is 5.91 Å². The van der Waals surface area contributed by atoms with Crippen molar-refractivity contribution in [3.63, 3.8) is 0 Å². The van der Waals surface area contributed by atoms with Crippen LogP contribution in [0.1, 0.15) is 48.7 Å². The summed E-state index contributed by atoms with van der Waals surface area (Å²) in [4.78, 5) is 26.1. The van der Waals surface area contributed by atoms with E-state index in [2.05, 4.69) is 19.9 Å². The number of hydrogen-bond acceptors (Lipinski definition) is 5. The van der Waals surface area contributed by atoms with Crippen LogP contribution >= 0.6 is 0 Å². The average Bonchev–Trinajstić information content (AvgIpc) is 2.81. The number of carboxylic acids is 1. The SMILES string of the molecule is CC1(C)Oc2ccccc2[C@@H]2O[C@@H]3CCN(C(=O)c4ccccc4OCC(=O)O)C[C@H]3C[C@H]21. The minimum Gasteiger partial charge on any atom is -0.487 e. The van der Waals surface area contributed by atoms with Gasteiger partial charge >= 0.3 is 5.97 Å². The molecule has 33 heavy (non-hydrogen) atoms. The van der Waals surface area contributed by atoms with E-state index in [1.807, 2.05) is 23.1 Å². The van der Waals surface area contributed by atoms with Gasteiger partial charge in [-0.1, -0.05) is 30.3 Å². The summed E-state index contributed by atoms with van der Waals surface area (Å²) in [5.41, 5.74) is 1.14. The third-order valence-electron chi connectivity index (χ3n) is 7.16. The van der Waals surface area contributed by atoms with E-state index < -0.39 is 12.6 Å². The maximum absolute atomic E-state index is 13.3. The molecule has 1 N–H and O–H groups in total. The van der Waals surface area contributed by atoms with Crippen molar-refractivity contribution in [1.29, 1.82) is 0 Å². The molecule has 0 aliphatic carbocycles. The van der Waals surface area contributed by atoms with Crippen LogP contribution in [0.3, 0.4) is 0 Å². The number of rotatable bonds is 4. The predicted molar refractivity (Wildman–Crippen MR) is 120 cm³/mol. The zero-order valence-corrected chi connectivity index (χ0v) is 18.9. The molecule has 2 saturated heterocycles. The van der Waals surface area contributed by atoms with Gasteiger partial charge in [-0.25, -0.2) is 4.79 Å². The topological polar surface area (TPSA) is 85.3 Å². The van der Waals surface area contributed by atoms with E-state index >= 15 is 0 Å². The largest absolute Gasteiger partial charge is 0.487 e. The Morgan fingerprint density at radius 3 is 2.73 bits per heavy atom. The van der Waals surface area contributed by atoms with Crippen LogP contribution in [0, 0.1) is 11.8 Å². The van der Waals surface area contributed by atoms with E-state index in [1.165, 1.54) is 0 Å². The summed E-state index contributed by atoms with van der Waals surface area (Å²) in [6.07, 6.45) is 1.77. The first-order chi connectivity index (χ1) is 15.8. The maximum atomic E-state index is 13.3. The number of amides is 1. The third-order valence-corrected chi connectivity index (χ3v) is 7.16. The van der Waals surface area contributed by atoms with Crippen molar-refractivity contribution in [2.75, 3.05) is 19.7 Å². The predicted octanol–water partition coefficient (Wildman–Crippen LogP) is 3.93. The Kier molecular flexibility index (Phi) is 5.52. The second kappa shape index (κ2) is 8.37. The summed E-state index contributed by atoms with van der Waals surface area (Å²) in [6.45, 7) is 4.94. The first kappa shape index (κ1) is 21.8. The van der Waals surface area contributed by atoms with E-state index in [9.17, 15) is 9.59 Å². The molecule has 3 heterocycles. The molecule has 7 nitrogen and oxygen atoms in total. The lowest BCUT2D eigenvalue weighted by Gasteiger charge is -2.53. The Morgan fingerprint density at radius 2 is 1.91 bits per heavy atom. The molecule has 0 bridgehead atoms. The fourth-order valence-corrected chi connectivity index (χ4v) is 5.52. The monoisotopic (exact) mass is 451 g/mol. The van der Waals surface area contributed by atoms with Gasteiger partial charge in [-0.2, -0.15) is 0 Å². The number of aliphatic carboxylic acids is 1. The van der Waals surface area contributed by atoms with Crippen molar-refractivity contribution in [3.05, 3.63) is 59.7 Å². The molecule has 4 atom stereocenters. The quantitative estimate of drug-likeness (QED) is 0.758. The molecule has 1 amide bonds. The first-order valence-electron chi connectivity index (χ1n) is 11.5. The van der Waals surface area contributed by atoms with Crippen molar-refractivity contribution < 1.29 is 28.9 Å². The molecule has 0 aromatic heterocycles. The van der Waals surface area contributed by atoms with Gasteiger partial charge in [0.1, 0.15) is 17.1 Å². The molecule has 2 fully saturated rings. The molecule has 7 heteroatoms. The number of carboxylic acid groups (broad SMARTS) is 1. The van der Waals surface area contributed by atoms with E-state index in [0.717, 1.165) is 24.2 Å². The van der Waals surface area contributed by atoms with E-state index in [4.69, 9.17) is 19.3 Å². The summed E-state index contributed by atoms with van der Waals surface area (Å²) < 4.78 is 18.4. The minimum absolute atomic E-state index is 0.00130. The molecule has 2 aromatic carbocycles. The molecule has 0 unspecified atom stereocenters. The molecule has 174 valence electrons. The van der Waals surface area contributed by atoms with Crippen LogP contribution < -0.4 is 9.47 Å². The van der Waals surface area contributed by atoms with Crippen LogP contribution in [0.2, 0.25) is 0 Å². The number of nitrogens with zero attached hydrogens (tertiary/aromatic N) is 1. The van der Waals surface area contributed by atoms with Gasteiger partial charge in [0.2, 0.25) is 0 Å². The summed E-state index contributed by atoms with van der Waals surface area (Å²) in [6, 6.07) is 14.9. The van der Waals surface area contributed by atoms with Crippen LogP contribution in [0.15, 0.2) is 48.5 Å². The van der Waals surface area contributed by atoms with Crippen LogP contribution in [-0.2, 0) is 9.53 Å². The van der Waals surface area contributed by atoms with Crippen molar-refractivity contribution >= 4 is 11.9 Å². The highest BCUT2D eigenvalue weighted by Gasteiger charge is 2.51. The Labute approximate surface area is 193 Å². The second-order valence-electron chi connectivity index (χ2n) is 9.66. The number of carbonyl (C=O) groups is 2. The summed E-state index contributed by atoms with van der Waals surface area (Å²) in [5.74, 6) is 0.379. The molecule has 3 aliphatic rings. The number of benzene rings is 2. The van der Waals surface area contributed by atoms with Crippen molar-refractivity contribution in [3.8, 4) is 11.5 Å². The van der Waals surface area contributed by atoms with Gasteiger partial charge in [-0.3, -0.25) is 4.79 Å². The number of likely N-dealkylation sites (tertiary alicyclic amines) is 1. The fraction of sp³-hybridized carbons (Fsp3) is 0.462. The molecule has 3 aliphatic heterocycles. The van der Waals surface area contributed by atoms with Crippen molar-refractivity contribution in [2.24, 2.45) is 11.8 Å². The van der Waals surface area contributed by atoms with Crippen LogP contribution in [0.25, 0.3) is 0 Å². The number of hydrogen-bond donors (Lipinski definition) is 1. The lowest BCUT2D eigenvalue weighted by Crippen LogP contribution is -2.56. The standard InChI is InChI=1S/C26H29NO6/c1-26(2)19-13-16-14-27(25(30)18-8-4-5-9-21(18)31-15-23(28)29)12-11-20(16)32-24(19)17-7-3-6-10-22(17)33-26/h3-10,16,19-20,24H,11-15H2,1-2H3,(H,28,29)/t16-,19-,20-,24+/m1/s1. The molecule has 0 spiro atoms. The third kappa shape index (κ3) is 4.06. The molecule has 2 aromatic rings. The molecule has 5 rings (SSSR count). The number of ether oxygens (including phenoxy) is 3. The Hall–Kier alpha value is -3.06. The number of piperidine rings is 1. The zero-order valence-electron chi connectivity index (χ0n) is 18.9. The van der Waals surface area contributed by atoms with Gasteiger partial charge in [-0.15, -0.1) is 0 Å². The maximum Gasteiger partial charge on any atom is 0.341 e. The Morgan fingerprint density at radius 1 is 1.15 bits per heavy atom. The Balaban J connectivity index is 1.34. The molecule has 0 radical (unpaired) electrons. The van der Waals surface area contributed by atoms with Crippen LogP contribution in [-0.4, -0.2) is 53.3 Å². The number of fused-ring (bicyclic) bond motifs is 4. The zero-order chi connectivity index (χ0) is 23.2. The highest BCUT2D eigenvalue weighted by atomic mass is 16.5. The van der Waals surface area contributed by atoms with Gasteiger partial charge in [0, 0.05) is 30.5 Å². The van der Waals surface area contributed by atoms with Gasteiger partial charge < -0.3 is 24.2 Å². The minimum atomic E-state index is -1.08. The Bertz CT molecular complexity index is 1070. The first-order valence-corrected chi connectivity index (χ1v) is 11.5. The van der Waals surface area contributed by atoms with Crippen LogP contribution in [0.5, 0.6) is 11.5 Å². The summed E-state index contributed by atoms with van der Waals surface area (Å²) in [7, 11) is 0. The summed E-state index contributed by atoms with van der Waals surface area (Å²) >= 11 is 0. The fourth-order valence-electron chi connectivity index (χ4n) is 5.52. The average molecular weight is 452 g/mol. The van der Waals surface area contributed by atoms with Gasteiger partial charge in [0.15, 0.2) is 6.61 Å². The second-order valence-corrected chi connectivity index (χ2v) is 9.66.